The van der Waals surface area contributed by atoms with Gasteiger partial charge in [0.05, 0.1) is 31.0 Å². The van der Waals surface area contributed by atoms with E-state index in [1.54, 1.807) is 44.2 Å². The number of amides is 1. The lowest BCUT2D eigenvalue weighted by atomic mass is 10.1. The molecule has 2 aromatic carbocycles. The molecule has 0 bridgehead atoms. The number of hydrogen-bond donors (Lipinski definition) is 1. The van der Waals surface area contributed by atoms with Crippen LogP contribution in [-0.4, -0.2) is 47.9 Å². The summed E-state index contributed by atoms with van der Waals surface area (Å²) in [6.07, 6.45) is -0.309. The zero-order valence-electron chi connectivity index (χ0n) is 19.2. The molecule has 182 valence electrons. The van der Waals surface area contributed by atoms with Crippen LogP contribution < -0.4 is 4.90 Å². The van der Waals surface area contributed by atoms with Gasteiger partial charge in [-0.3, -0.25) is 19.3 Å². The fourth-order valence-electron chi connectivity index (χ4n) is 3.31. The van der Waals surface area contributed by atoms with Gasteiger partial charge < -0.3 is 14.6 Å². The normalized spacial score (nSPS) is 17.0. The summed E-state index contributed by atoms with van der Waals surface area (Å²) in [7, 11) is 1.28. The Kier molecular flexibility index (Phi) is 9.61. The lowest BCUT2D eigenvalue weighted by molar-refractivity contribution is -0.140. The summed E-state index contributed by atoms with van der Waals surface area (Å²) in [5, 5.41) is 7.88. The van der Waals surface area contributed by atoms with Crippen molar-refractivity contribution in [2.24, 2.45) is 0 Å². The topological polar surface area (TPSA) is 110 Å². The van der Waals surface area contributed by atoms with Crippen LogP contribution in [0.25, 0.3) is 0 Å². The Balaban J connectivity index is 0.000000604. The van der Waals surface area contributed by atoms with Crippen molar-refractivity contribution in [3.05, 3.63) is 65.0 Å². The lowest BCUT2D eigenvalue weighted by Crippen LogP contribution is -2.32. The van der Waals surface area contributed by atoms with Gasteiger partial charge in [-0.15, -0.1) is 11.8 Å². The number of ether oxygens (including phenoxy) is 2. The van der Waals surface area contributed by atoms with Crippen LogP contribution in [0, 0.1) is 12.7 Å². The van der Waals surface area contributed by atoms with E-state index in [9.17, 15) is 23.6 Å². The molecule has 1 saturated heterocycles. The number of carboxylic acid groups (broad SMARTS) is 1. The molecule has 2 unspecified atom stereocenters. The van der Waals surface area contributed by atoms with Crippen molar-refractivity contribution in [1.82, 2.24) is 0 Å². The fraction of sp³-hybridized carbons (Fsp3) is 0.333. The van der Waals surface area contributed by atoms with Crippen LogP contribution in [0.15, 0.2) is 42.5 Å². The van der Waals surface area contributed by atoms with Gasteiger partial charge in [0.15, 0.2) is 0 Å². The van der Waals surface area contributed by atoms with E-state index in [1.165, 1.54) is 42.8 Å². The zero-order chi connectivity index (χ0) is 25.4. The Morgan fingerprint density at radius 1 is 1.15 bits per heavy atom. The van der Waals surface area contributed by atoms with Crippen LogP contribution in [0.1, 0.15) is 47.1 Å². The molecule has 0 spiro atoms. The van der Waals surface area contributed by atoms with Gasteiger partial charge in [0, 0.05) is 12.6 Å². The number of esters is 2. The third kappa shape index (κ3) is 6.80. The van der Waals surface area contributed by atoms with Crippen LogP contribution in [0.2, 0.25) is 0 Å². The molecule has 1 heterocycles. The molecule has 1 fully saturated rings. The number of carbonyl (C=O) groups is 4. The van der Waals surface area contributed by atoms with Crippen molar-refractivity contribution in [3.8, 4) is 0 Å². The highest BCUT2D eigenvalue weighted by Gasteiger charge is 2.43. The molecule has 0 radical (unpaired) electrons. The number of carboxylic acids is 1. The smallest absolute Gasteiger partial charge is 0.337 e. The number of aliphatic carboxylic acids is 1. The molecule has 2 aromatic rings. The first kappa shape index (κ1) is 26.8. The van der Waals surface area contributed by atoms with E-state index in [1.807, 2.05) is 0 Å². The predicted molar refractivity (Wildman–Crippen MR) is 125 cm³/mol. The van der Waals surface area contributed by atoms with Gasteiger partial charge >= 0.3 is 17.9 Å². The van der Waals surface area contributed by atoms with Gasteiger partial charge in [-0.1, -0.05) is 12.1 Å². The average Bonchev–Trinajstić information content (AvgIpc) is 3.09. The number of thioether (sulfide) groups is 1. The van der Waals surface area contributed by atoms with E-state index < -0.39 is 28.4 Å². The largest absolute Gasteiger partial charge is 0.481 e. The molecular weight excluding hydrogens is 465 g/mol. The minimum Gasteiger partial charge on any atom is -0.481 e. The highest BCUT2D eigenvalue weighted by Crippen LogP contribution is 2.47. The van der Waals surface area contributed by atoms with Crippen LogP contribution in [0.5, 0.6) is 0 Å². The molecule has 1 aliphatic heterocycles. The van der Waals surface area contributed by atoms with E-state index in [-0.39, 0.29) is 18.3 Å². The van der Waals surface area contributed by atoms with E-state index in [4.69, 9.17) is 9.84 Å². The number of nitrogens with zero attached hydrogens (tertiary/aromatic N) is 1. The summed E-state index contributed by atoms with van der Waals surface area (Å²) in [6.45, 7) is 5.41. The van der Waals surface area contributed by atoms with Crippen LogP contribution in [-0.2, 0) is 23.9 Å². The van der Waals surface area contributed by atoms with Gasteiger partial charge in [0.25, 0.3) is 0 Å². The molecule has 0 aromatic heterocycles. The van der Waals surface area contributed by atoms with Gasteiger partial charge in [0.1, 0.15) is 11.2 Å². The van der Waals surface area contributed by atoms with Gasteiger partial charge in [0.2, 0.25) is 5.91 Å². The van der Waals surface area contributed by atoms with Crippen molar-refractivity contribution in [3.63, 3.8) is 0 Å². The highest BCUT2D eigenvalue weighted by molar-refractivity contribution is 8.01. The number of hydrogen-bond acceptors (Lipinski definition) is 7. The monoisotopic (exact) mass is 491 g/mol. The molecule has 0 aliphatic carbocycles. The maximum absolute atomic E-state index is 13.3. The second-order valence-corrected chi connectivity index (χ2v) is 8.54. The minimum absolute atomic E-state index is 0.211. The Bertz CT molecular complexity index is 1060. The predicted octanol–water partition coefficient (Wildman–Crippen LogP) is 4.11. The Hall–Kier alpha value is -3.40. The second kappa shape index (κ2) is 12.2. The number of methoxy groups -OCH3 is 1. The Morgan fingerprint density at radius 3 is 2.26 bits per heavy atom. The van der Waals surface area contributed by atoms with Crippen LogP contribution >= 0.6 is 11.8 Å². The van der Waals surface area contributed by atoms with Crippen molar-refractivity contribution in [2.45, 2.75) is 37.8 Å². The molecule has 34 heavy (non-hydrogen) atoms. The molecule has 0 saturated carbocycles. The summed E-state index contributed by atoms with van der Waals surface area (Å²) in [5.74, 6) is -2.50. The summed E-state index contributed by atoms with van der Waals surface area (Å²) < 4.78 is 22.4. The average molecular weight is 492 g/mol. The number of halogens is 1. The zero-order valence-corrected chi connectivity index (χ0v) is 20.1. The second-order valence-electron chi connectivity index (χ2n) is 7.25. The number of anilines is 1. The molecule has 1 N–H and O–H groups in total. The van der Waals surface area contributed by atoms with E-state index in [2.05, 4.69) is 4.74 Å². The number of carbonyl (C=O) groups excluding carboxylic acids is 3. The van der Waals surface area contributed by atoms with Crippen LogP contribution in [0.4, 0.5) is 10.1 Å². The third-order valence-electron chi connectivity index (χ3n) is 4.78. The molecule has 8 nitrogen and oxygen atoms in total. The Labute approximate surface area is 201 Å². The first-order valence-electron chi connectivity index (χ1n) is 10.4. The quantitative estimate of drug-likeness (QED) is 0.601. The summed E-state index contributed by atoms with van der Waals surface area (Å²) in [4.78, 5) is 47.2. The van der Waals surface area contributed by atoms with E-state index in [0.717, 1.165) is 0 Å². The van der Waals surface area contributed by atoms with Crippen LogP contribution in [0.3, 0.4) is 0 Å². The summed E-state index contributed by atoms with van der Waals surface area (Å²) in [6, 6.07) is 10.6. The molecule has 10 heteroatoms. The van der Waals surface area contributed by atoms with Crippen molar-refractivity contribution >= 4 is 41.3 Å². The summed E-state index contributed by atoms with van der Waals surface area (Å²) in [5.41, 5.74) is 2.26. The SMILES string of the molecule is CCOC(C)=O.COC(=O)c1ccc(N2C(=O)C(CC(=O)O)SC2c2ccc(F)cc2)c(C)c1. The maximum atomic E-state index is 13.3. The molecule has 1 aliphatic rings. The summed E-state index contributed by atoms with van der Waals surface area (Å²) >= 11 is 1.21. The van der Waals surface area contributed by atoms with Gasteiger partial charge in [-0.05, 0) is 55.3 Å². The number of benzene rings is 2. The molecular formula is C24H26FNO7S. The minimum atomic E-state index is -1.07. The first-order valence-corrected chi connectivity index (χ1v) is 11.3. The molecule has 1 amide bonds. The fourth-order valence-corrected chi connectivity index (χ4v) is 4.75. The van der Waals surface area contributed by atoms with Crippen molar-refractivity contribution in [2.75, 3.05) is 18.6 Å². The highest BCUT2D eigenvalue weighted by atomic mass is 32.2. The third-order valence-corrected chi connectivity index (χ3v) is 6.22. The maximum Gasteiger partial charge on any atom is 0.337 e. The number of aryl methyl sites for hydroxylation is 1. The van der Waals surface area contributed by atoms with Gasteiger partial charge in [-0.25, -0.2) is 9.18 Å². The number of rotatable bonds is 6. The lowest BCUT2D eigenvalue weighted by Gasteiger charge is -2.26. The van der Waals surface area contributed by atoms with Gasteiger partial charge in [-0.2, -0.15) is 0 Å². The van der Waals surface area contributed by atoms with Crippen molar-refractivity contribution < 1.29 is 38.1 Å². The Morgan fingerprint density at radius 2 is 1.79 bits per heavy atom. The molecule has 2 atom stereocenters. The van der Waals surface area contributed by atoms with E-state index >= 15 is 0 Å². The van der Waals surface area contributed by atoms with Crippen molar-refractivity contribution in [1.29, 1.82) is 0 Å². The standard InChI is InChI=1S/C20H18FNO5S.C4H8O2/c1-11-9-13(20(26)27-2)5-8-15(11)22-18(25)16(10-17(23)24)28-19(22)12-3-6-14(21)7-4-12;1-3-6-4(2)5/h3-9,16,19H,10H2,1-2H3,(H,23,24);3H2,1-2H3. The molecule has 3 rings (SSSR count). The van der Waals surface area contributed by atoms with E-state index in [0.29, 0.717) is 29.0 Å². The first-order chi connectivity index (χ1) is 16.1.